The topological polar surface area (TPSA) is 55.7 Å². The highest BCUT2D eigenvalue weighted by molar-refractivity contribution is 6.64. The van der Waals surface area contributed by atoms with Gasteiger partial charge in [0, 0.05) is 12.6 Å². The number of carbonyl (C=O) groups is 2. The van der Waals surface area contributed by atoms with Gasteiger partial charge in [0.15, 0.2) is 11.5 Å². The Morgan fingerprint density at radius 3 is 3.00 bits per heavy atom. The molecule has 1 heterocycles. The summed E-state index contributed by atoms with van der Waals surface area (Å²) < 4.78 is 4.34. The Morgan fingerprint density at radius 2 is 2.45 bits per heavy atom. The van der Waals surface area contributed by atoms with Gasteiger partial charge in [-0.2, -0.15) is 0 Å². The van der Waals surface area contributed by atoms with Crippen molar-refractivity contribution in [2.45, 2.75) is 6.42 Å². The predicted octanol–water partition coefficient (Wildman–Crippen LogP) is 0.0869. The molecule has 0 aromatic heterocycles. The summed E-state index contributed by atoms with van der Waals surface area (Å²) in [4.78, 5) is 25.3. The number of esters is 1. The molecule has 0 bridgehead atoms. The number of carbonyl (C=O) groups excluding carboxylic acids is 2. The van der Waals surface area contributed by atoms with E-state index < -0.39 is 5.97 Å². The maximum absolute atomic E-state index is 10.9. The summed E-state index contributed by atoms with van der Waals surface area (Å²) in [5.41, 5.74) is -0.116. The van der Waals surface area contributed by atoms with Gasteiger partial charge in [0.1, 0.15) is 0 Å². The summed E-state index contributed by atoms with van der Waals surface area (Å²) in [6.07, 6.45) is 3.25. The van der Waals surface area contributed by atoms with Crippen LogP contribution in [0, 0.1) is 0 Å². The van der Waals surface area contributed by atoms with Gasteiger partial charge in [0.05, 0.1) is 7.11 Å². The van der Waals surface area contributed by atoms with Gasteiger partial charge in [-0.15, -0.1) is 0 Å². The number of methoxy groups -OCH3 is 1. The molecule has 58 valence electrons. The summed E-state index contributed by atoms with van der Waals surface area (Å²) in [7, 11) is 1.22. The van der Waals surface area contributed by atoms with Crippen molar-refractivity contribution in [1.29, 1.82) is 0 Å². The summed E-state index contributed by atoms with van der Waals surface area (Å²) in [6, 6.07) is 0. The molecule has 0 saturated heterocycles. The lowest BCUT2D eigenvalue weighted by atomic mass is 10.1. The first kappa shape index (κ1) is 7.65. The molecule has 1 aliphatic heterocycles. The average molecular weight is 153 g/mol. The van der Waals surface area contributed by atoms with Crippen LogP contribution in [-0.2, 0) is 14.3 Å². The molecule has 4 heteroatoms. The van der Waals surface area contributed by atoms with E-state index in [2.05, 4.69) is 9.73 Å². The van der Waals surface area contributed by atoms with Gasteiger partial charge in [-0.25, -0.2) is 9.79 Å². The van der Waals surface area contributed by atoms with Gasteiger partial charge >= 0.3 is 5.97 Å². The molecule has 0 aromatic carbocycles. The Morgan fingerprint density at radius 1 is 1.73 bits per heavy atom. The van der Waals surface area contributed by atoms with Crippen molar-refractivity contribution >= 4 is 17.5 Å². The summed E-state index contributed by atoms with van der Waals surface area (Å²) in [6.45, 7) is 0. The van der Waals surface area contributed by atoms with Crippen molar-refractivity contribution < 1.29 is 14.3 Å². The van der Waals surface area contributed by atoms with E-state index in [1.165, 1.54) is 13.3 Å². The van der Waals surface area contributed by atoms with E-state index in [-0.39, 0.29) is 17.9 Å². The van der Waals surface area contributed by atoms with Crippen LogP contribution >= 0.6 is 0 Å². The first-order valence-electron chi connectivity index (χ1n) is 3.10. The second-order valence-electron chi connectivity index (χ2n) is 1.98. The first-order valence-corrected chi connectivity index (χ1v) is 3.10. The number of Topliss-reactive ketones (excluding diaryl/α,β-unsaturated/α-hetero) is 1. The second kappa shape index (κ2) is 3.09. The number of ketones is 1. The number of nitrogens with zero attached hydrogens (tertiary/aromatic N) is 1. The Hall–Kier alpha value is -1.45. The van der Waals surface area contributed by atoms with Crippen LogP contribution < -0.4 is 0 Å². The molecule has 0 N–H and O–H groups in total. The van der Waals surface area contributed by atoms with Crippen molar-refractivity contribution in [2.75, 3.05) is 7.11 Å². The minimum Gasteiger partial charge on any atom is -0.464 e. The van der Waals surface area contributed by atoms with Crippen LogP contribution in [0.5, 0.6) is 0 Å². The van der Waals surface area contributed by atoms with Gasteiger partial charge in [-0.3, -0.25) is 4.79 Å². The molecule has 4 nitrogen and oxygen atoms in total. The lowest BCUT2D eigenvalue weighted by Crippen LogP contribution is -2.26. The van der Waals surface area contributed by atoms with Gasteiger partial charge in [0.2, 0.25) is 0 Å². The van der Waals surface area contributed by atoms with Crippen molar-refractivity contribution in [3.63, 3.8) is 0 Å². The number of hydrogen-bond acceptors (Lipinski definition) is 4. The van der Waals surface area contributed by atoms with Crippen LogP contribution in [0.25, 0.3) is 0 Å². The minimum atomic E-state index is -0.667. The Bertz CT molecular complexity index is 252. The highest BCUT2D eigenvalue weighted by Gasteiger charge is 2.20. The monoisotopic (exact) mass is 153 g/mol. The molecule has 0 radical (unpaired) electrons. The fourth-order valence-corrected chi connectivity index (χ4v) is 0.719. The molecule has 0 atom stereocenters. The normalized spacial score (nSPS) is 16.1. The molecule has 11 heavy (non-hydrogen) atoms. The molecule has 0 amide bonds. The highest BCUT2D eigenvalue weighted by Crippen LogP contribution is 1.99. The van der Waals surface area contributed by atoms with E-state index in [0.717, 1.165) is 0 Å². The number of allylic oxidation sites excluding steroid dienone is 1. The largest absolute Gasteiger partial charge is 0.464 e. The van der Waals surface area contributed by atoms with Gasteiger partial charge < -0.3 is 4.74 Å². The lowest BCUT2D eigenvalue weighted by molar-refractivity contribution is -0.133. The van der Waals surface area contributed by atoms with Gasteiger partial charge in [-0.05, 0) is 0 Å². The third-order valence-electron chi connectivity index (χ3n) is 1.26. The Kier molecular flexibility index (Phi) is 2.15. The maximum Gasteiger partial charge on any atom is 0.360 e. The molecule has 1 rings (SSSR count). The van der Waals surface area contributed by atoms with Crippen LogP contribution in [0.4, 0.5) is 0 Å². The van der Waals surface area contributed by atoms with Crippen molar-refractivity contribution in [3.8, 4) is 0 Å². The number of hydrogen-bond donors (Lipinski definition) is 0. The third kappa shape index (κ3) is 1.52. The minimum absolute atomic E-state index is 0.116. The van der Waals surface area contributed by atoms with Gasteiger partial charge in [-0.1, -0.05) is 6.08 Å². The third-order valence-corrected chi connectivity index (χ3v) is 1.26. The van der Waals surface area contributed by atoms with Crippen LogP contribution in [0.3, 0.4) is 0 Å². The van der Waals surface area contributed by atoms with Crippen molar-refractivity contribution in [2.24, 2.45) is 4.99 Å². The zero-order valence-corrected chi connectivity index (χ0v) is 6.03. The predicted molar refractivity (Wildman–Crippen MR) is 38.2 cm³/mol. The Balaban J connectivity index is 2.84. The second-order valence-corrected chi connectivity index (χ2v) is 1.98. The zero-order valence-electron chi connectivity index (χ0n) is 6.03. The molecular weight excluding hydrogens is 146 g/mol. The first-order chi connectivity index (χ1) is 5.25. The highest BCUT2D eigenvalue weighted by atomic mass is 16.5. The summed E-state index contributed by atoms with van der Waals surface area (Å²) in [5, 5.41) is 0. The van der Waals surface area contributed by atoms with Crippen LogP contribution in [0.2, 0.25) is 0 Å². The Labute approximate surface area is 63.6 Å². The maximum atomic E-state index is 10.9. The van der Waals surface area contributed by atoms with E-state index in [9.17, 15) is 9.59 Å². The molecule has 0 spiro atoms. The molecule has 1 aliphatic rings. The lowest BCUT2D eigenvalue weighted by Gasteiger charge is -2.02. The smallest absolute Gasteiger partial charge is 0.360 e. The SMILES string of the molecule is COC(=O)C1=NC=CCC1=O. The van der Waals surface area contributed by atoms with E-state index in [0.29, 0.717) is 0 Å². The van der Waals surface area contributed by atoms with E-state index >= 15 is 0 Å². The summed E-state index contributed by atoms with van der Waals surface area (Å²) >= 11 is 0. The number of rotatable bonds is 1. The standard InChI is InChI=1S/C7H7NO3/c1-11-7(10)6-5(9)3-2-4-8-6/h2,4H,3H2,1H3. The van der Waals surface area contributed by atoms with E-state index in [1.807, 2.05) is 0 Å². The zero-order chi connectivity index (χ0) is 8.27. The molecular formula is C7H7NO3. The average Bonchev–Trinajstić information content (AvgIpc) is 2.04. The molecule has 0 saturated carbocycles. The molecule has 0 aliphatic carbocycles. The number of aliphatic imine (C=N–C) groups is 1. The van der Waals surface area contributed by atoms with Crippen LogP contribution in [0.1, 0.15) is 6.42 Å². The van der Waals surface area contributed by atoms with Crippen LogP contribution in [0.15, 0.2) is 17.3 Å². The quantitative estimate of drug-likeness (QED) is 0.501. The van der Waals surface area contributed by atoms with Crippen molar-refractivity contribution in [3.05, 3.63) is 12.3 Å². The summed E-state index contributed by atoms with van der Waals surface area (Å²) in [5.74, 6) is -0.960. The fraction of sp³-hybridized carbons (Fsp3) is 0.286. The molecule has 0 unspecified atom stereocenters. The van der Waals surface area contributed by atoms with Gasteiger partial charge in [0.25, 0.3) is 0 Å². The van der Waals surface area contributed by atoms with E-state index in [4.69, 9.17) is 0 Å². The molecule has 0 fully saturated rings. The van der Waals surface area contributed by atoms with E-state index in [1.54, 1.807) is 6.08 Å². The molecule has 0 aromatic rings. The van der Waals surface area contributed by atoms with Crippen molar-refractivity contribution in [1.82, 2.24) is 0 Å². The fourth-order valence-electron chi connectivity index (χ4n) is 0.719. The van der Waals surface area contributed by atoms with Crippen LogP contribution in [-0.4, -0.2) is 24.6 Å². The number of ether oxygens (including phenoxy) is 1.